The molecule has 0 aliphatic carbocycles. The predicted octanol–water partition coefficient (Wildman–Crippen LogP) is 0.164. The predicted molar refractivity (Wildman–Crippen MR) is 81.9 cm³/mol. The fourth-order valence-corrected chi connectivity index (χ4v) is 2.23. The molecule has 0 radical (unpaired) electrons. The van der Waals surface area contributed by atoms with Crippen LogP contribution < -0.4 is 11.1 Å². The maximum atomic E-state index is 9.43. The molecule has 6 nitrogen and oxygen atoms in total. The number of likely N-dealkylation sites (tertiary alicyclic amines) is 1. The molecular weight excluding hydrogens is 256 g/mol. The van der Waals surface area contributed by atoms with Gasteiger partial charge in [-0.3, -0.25) is 4.99 Å². The minimum atomic E-state index is -0.0937. The van der Waals surface area contributed by atoms with Gasteiger partial charge in [0.25, 0.3) is 0 Å². The van der Waals surface area contributed by atoms with E-state index < -0.39 is 0 Å². The lowest BCUT2D eigenvalue weighted by Gasteiger charge is -2.29. The van der Waals surface area contributed by atoms with Gasteiger partial charge in [0.15, 0.2) is 5.96 Å². The zero-order valence-electron chi connectivity index (χ0n) is 12.7. The fourth-order valence-electron chi connectivity index (χ4n) is 2.23. The number of nitrogens with one attached hydrogen (secondary N) is 1. The number of hydrogen-bond acceptors (Lipinski definition) is 4. The highest BCUT2D eigenvalue weighted by Crippen LogP contribution is 2.09. The molecule has 1 saturated heterocycles. The van der Waals surface area contributed by atoms with E-state index in [1.807, 2.05) is 6.92 Å². The zero-order chi connectivity index (χ0) is 14.6. The molecule has 0 unspecified atom stereocenters. The van der Waals surface area contributed by atoms with Gasteiger partial charge in [-0.1, -0.05) is 0 Å². The van der Waals surface area contributed by atoms with Crippen LogP contribution in [0.2, 0.25) is 0 Å². The van der Waals surface area contributed by atoms with E-state index in [9.17, 15) is 5.11 Å². The molecule has 1 fully saturated rings. The Bertz CT molecular complexity index is 266. The highest BCUT2D eigenvalue weighted by Gasteiger charge is 2.15. The van der Waals surface area contributed by atoms with Crippen LogP contribution in [0.4, 0.5) is 0 Å². The Morgan fingerprint density at radius 2 is 2.15 bits per heavy atom. The summed E-state index contributed by atoms with van der Waals surface area (Å²) in [6.45, 7) is 8.10. The van der Waals surface area contributed by atoms with Gasteiger partial charge in [0.1, 0.15) is 0 Å². The summed E-state index contributed by atoms with van der Waals surface area (Å²) in [5, 5.41) is 12.6. The molecule has 6 heteroatoms. The van der Waals surface area contributed by atoms with E-state index in [1.54, 1.807) is 0 Å². The molecule has 0 amide bonds. The van der Waals surface area contributed by atoms with Crippen LogP contribution in [0, 0.1) is 0 Å². The first-order valence-electron chi connectivity index (χ1n) is 7.74. The lowest BCUT2D eigenvalue weighted by Crippen LogP contribution is -2.38. The van der Waals surface area contributed by atoms with Crippen molar-refractivity contribution >= 4 is 5.96 Å². The topological polar surface area (TPSA) is 83.1 Å². The Kier molecular flexibility index (Phi) is 9.36. The van der Waals surface area contributed by atoms with Crippen LogP contribution in [0.15, 0.2) is 4.99 Å². The molecule has 1 heterocycles. The Labute approximate surface area is 122 Å². The van der Waals surface area contributed by atoms with E-state index in [-0.39, 0.29) is 6.10 Å². The molecule has 0 saturated carbocycles. The highest BCUT2D eigenvalue weighted by molar-refractivity contribution is 5.77. The fraction of sp³-hybridized carbons (Fsp3) is 0.929. The van der Waals surface area contributed by atoms with E-state index >= 15 is 0 Å². The number of hydrogen-bond donors (Lipinski definition) is 3. The van der Waals surface area contributed by atoms with Crippen LogP contribution in [-0.2, 0) is 4.74 Å². The van der Waals surface area contributed by atoms with Crippen molar-refractivity contribution < 1.29 is 9.84 Å². The Morgan fingerprint density at radius 3 is 2.85 bits per heavy atom. The van der Waals surface area contributed by atoms with Gasteiger partial charge in [0.05, 0.1) is 6.10 Å². The van der Waals surface area contributed by atoms with Crippen LogP contribution in [0.25, 0.3) is 0 Å². The van der Waals surface area contributed by atoms with Crippen LogP contribution in [0.5, 0.6) is 0 Å². The van der Waals surface area contributed by atoms with Crippen molar-refractivity contribution in [3.05, 3.63) is 0 Å². The number of aliphatic imine (C=N–C) groups is 1. The summed E-state index contributed by atoms with van der Waals surface area (Å²) in [6.07, 6.45) is 3.66. The van der Waals surface area contributed by atoms with Crippen molar-refractivity contribution in [2.45, 2.75) is 38.7 Å². The lowest BCUT2D eigenvalue weighted by atomic mass is 10.1. The molecular formula is C14H30N4O2. The van der Waals surface area contributed by atoms with Crippen LogP contribution >= 0.6 is 0 Å². The third-order valence-corrected chi connectivity index (χ3v) is 3.45. The molecule has 1 aliphatic rings. The monoisotopic (exact) mass is 286 g/mol. The van der Waals surface area contributed by atoms with Crippen molar-refractivity contribution in [1.29, 1.82) is 0 Å². The molecule has 0 spiro atoms. The number of aliphatic hydroxyl groups is 1. The molecule has 1 rings (SSSR count). The van der Waals surface area contributed by atoms with Crippen LogP contribution in [0.3, 0.4) is 0 Å². The lowest BCUT2D eigenvalue weighted by molar-refractivity contribution is 0.0823. The zero-order valence-corrected chi connectivity index (χ0v) is 12.7. The molecule has 20 heavy (non-hydrogen) atoms. The first-order valence-corrected chi connectivity index (χ1v) is 7.74. The van der Waals surface area contributed by atoms with Gasteiger partial charge in [0.2, 0.25) is 0 Å². The molecule has 4 N–H and O–H groups in total. The van der Waals surface area contributed by atoms with E-state index in [4.69, 9.17) is 10.5 Å². The van der Waals surface area contributed by atoms with Gasteiger partial charge in [-0.25, -0.2) is 0 Å². The number of rotatable bonds is 9. The maximum absolute atomic E-state index is 9.43. The van der Waals surface area contributed by atoms with E-state index in [0.717, 1.165) is 65.1 Å². The van der Waals surface area contributed by atoms with E-state index in [0.29, 0.717) is 12.5 Å². The summed E-state index contributed by atoms with van der Waals surface area (Å²) in [5.74, 6) is 0.524. The third kappa shape index (κ3) is 8.35. The standard InChI is InChI=1S/C14H30N4O2/c1-2-20-12-4-8-17-14(15)16-7-3-9-18-10-5-13(19)6-11-18/h13,19H,2-12H2,1H3,(H3,15,16,17). The Morgan fingerprint density at radius 1 is 1.40 bits per heavy atom. The summed E-state index contributed by atoms with van der Waals surface area (Å²) >= 11 is 0. The summed E-state index contributed by atoms with van der Waals surface area (Å²) < 4.78 is 5.23. The molecule has 0 bridgehead atoms. The first kappa shape index (κ1) is 17.2. The molecule has 1 aliphatic heterocycles. The van der Waals surface area contributed by atoms with Crippen molar-refractivity contribution in [2.24, 2.45) is 10.7 Å². The smallest absolute Gasteiger partial charge is 0.188 e. The number of ether oxygens (including phenoxy) is 1. The van der Waals surface area contributed by atoms with Crippen LogP contribution in [-0.4, -0.2) is 68.0 Å². The molecule has 0 aromatic rings. The summed E-state index contributed by atoms with van der Waals surface area (Å²) in [7, 11) is 0. The normalized spacial score (nSPS) is 18.4. The molecule has 0 aromatic heterocycles. The molecule has 118 valence electrons. The average molecular weight is 286 g/mol. The largest absolute Gasteiger partial charge is 0.393 e. The Balaban J connectivity index is 1.95. The number of piperidine rings is 1. The van der Waals surface area contributed by atoms with E-state index in [1.165, 1.54) is 0 Å². The highest BCUT2D eigenvalue weighted by atomic mass is 16.5. The summed E-state index contributed by atoms with van der Waals surface area (Å²) in [4.78, 5) is 6.64. The van der Waals surface area contributed by atoms with Crippen molar-refractivity contribution in [3.8, 4) is 0 Å². The number of nitrogens with zero attached hydrogens (tertiary/aromatic N) is 2. The SMILES string of the molecule is CCOCCCN=C(N)NCCCN1CCC(O)CC1. The summed E-state index contributed by atoms with van der Waals surface area (Å²) in [5.41, 5.74) is 5.78. The first-order chi connectivity index (χ1) is 9.72. The van der Waals surface area contributed by atoms with Gasteiger partial charge < -0.3 is 25.8 Å². The van der Waals surface area contributed by atoms with Gasteiger partial charge in [-0.15, -0.1) is 0 Å². The van der Waals surface area contributed by atoms with Crippen molar-refractivity contribution in [2.75, 3.05) is 45.9 Å². The maximum Gasteiger partial charge on any atom is 0.188 e. The third-order valence-electron chi connectivity index (χ3n) is 3.45. The van der Waals surface area contributed by atoms with Gasteiger partial charge in [-0.2, -0.15) is 0 Å². The second-order valence-electron chi connectivity index (χ2n) is 5.17. The summed E-state index contributed by atoms with van der Waals surface area (Å²) in [6, 6.07) is 0. The van der Waals surface area contributed by atoms with Crippen LogP contribution in [0.1, 0.15) is 32.6 Å². The molecule has 0 atom stereocenters. The average Bonchev–Trinajstić information content (AvgIpc) is 2.45. The minimum absolute atomic E-state index is 0.0937. The second-order valence-corrected chi connectivity index (χ2v) is 5.17. The second kappa shape index (κ2) is 10.9. The van der Waals surface area contributed by atoms with Gasteiger partial charge in [0, 0.05) is 39.4 Å². The molecule has 0 aromatic carbocycles. The van der Waals surface area contributed by atoms with Gasteiger partial charge >= 0.3 is 0 Å². The Hall–Kier alpha value is -0.850. The minimum Gasteiger partial charge on any atom is -0.393 e. The van der Waals surface area contributed by atoms with E-state index in [2.05, 4.69) is 15.2 Å². The van der Waals surface area contributed by atoms with Crippen molar-refractivity contribution in [1.82, 2.24) is 10.2 Å². The van der Waals surface area contributed by atoms with Gasteiger partial charge in [-0.05, 0) is 39.2 Å². The number of aliphatic hydroxyl groups excluding tert-OH is 1. The quantitative estimate of drug-likeness (QED) is 0.320. The van der Waals surface area contributed by atoms with Crippen molar-refractivity contribution in [3.63, 3.8) is 0 Å². The number of nitrogens with two attached hydrogens (primary N) is 1. The number of guanidine groups is 1.